The quantitative estimate of drug-likeness (QED) is 0.0267. The molecule has 0 radical (unpaired) electrons. The number of nitrogens with one attached hydrogen (secondary N) is 5. The lowest BCUT2D eigenvalue weighted by atomic mass is 9.57. The lowest BCUT2D eigenvalue weighted by Gasteiger charge is -2.47. The monoisotopic (exact) mass is 957 g/mol. The third kappa shape index (κ3) is 11.4. The Morgan fingerprint density at radius 1 is 0.925 bits per heavy atom. The highest BCUT2D eigenvalue weighted by atomic mass is 35.5. The number of carbonyl (C=O) groups is 1. The average molecular weight is 959 g/mol. The lowest BCUT2D eigenvalue weighted by Crippen LogP contribution is -2.39. The van der Waals surface area contributed by atoms with E-state index in [2.05, 4.69) is 89.8 Å². The van der Waals surface area contributed by atoms with Crippen LogP contribution in [0.4, 0.5) is 23.0 Å². The van der Waals surface area contributed by atoms with Gasteiger partial charge in [0.25, 0.3) is 11.5 Å². The highest BCUT2D eigenvalue weighted by Gasteiger charge is 2.46. The summed E-state index contributed by atoms with van der Waals surface area (Å²) in [7, 11) is -4.56. The number of carbonyl (C=O) groups excluding carboxylic acids is 1. The number of para-hydroxylation sites is 1. The van der Waals surface area contributed by atoms with Gasteiger partial charge in [-0.15, -0.1) is 0 Å². The second-order valence-corrected chi connectivity index (χ2v) is 21.8. The van der Waals surface area contributed by atoms with Gasteiger partial charge in [-0.3, -0.25) is 25.2 Å². The van der Waals surface area contributed by atoms with E-state index in [-0.39, 0.29) is 57.2 Å². The first-order chi connectivity index (χ1) is 31.6. The molecule has 5 aromatic rings. The lowest BCUT2D eigenvalue weighted by molar-refractivity contribution is -0.172. The molecule has 1 fully saturated rings. The number of H-pyrrole nitrogens is 1. The smallest absolute Gasteiger partial charge is 0.323 e. The van der Waals surface area contributed by atoms with Gasteiger partial charge in [-0.25, -0.2) is 14.4 Å². The van der Waals surface area contributed by atoms with Gasteiger partial charge in [-0.1, -0.05) is 124 Å². The first-order valence-corrected chi connectivity index (χ1v) is 25.1. The molecule has 2 heterocycles. The molecule has 2 aromatic heterocycles. The van der Waals surface area contributed by atoms with E-state index in [1.807, 2.05) is 22.9 Å². The van der Waals surface area contributed by atoms with Gasteiger partial charge in [0.1, 0.15) is 28.6 Å². The zero-order chi connectivity index (χ0) is 49.0. The summed E-state index contributed by atoms with van der Waals surface area (Å²) in [4.78, 5) is 38.2. The molecule has 0 spiro atoms. The predicted octanol–water partition coefficient (Wildman–Crippen LogP) is 11.9. The number of fused-ring (bicyclic) bond motifs is 1. The third-order valence-electron chi connectivity index (χ3n) is 12.8. The maximum Gasteiger partial charge on any atom is 0.323 e. The van der Waals surface area contributed by atoms with Crippen molar-refractivity contribution in [2.24, 2.45) is 28.6 Å². The summed E-state index contributed by atoms with van der Waals surface area (Å²) in [5, 5.41) is 11.9. The average Bonchev–Trinajstić information content (AvgIpc) is 3.57. The van der Waals surface area contributed by atoms with Crippen LogP contribution >= 0.6 is 11.6 Å². The number of amides is 1. The number of allylic oxidation sites excluding steroid dienone is 1. The summed E-state index contributed by atoms with van der Waals surface area (Å²) < 4.78 is 38.8. The first-order valence-electron chi connectivity index (χ1n) is 23.3. The molecule has 67 heavy (non-hydrogen) atoms. The van der Waals surface area contributed by atoms with Crippen molar-refractivity contribution in [2.75, 3.05) is 21.3 Å². The molecule has 2 atom stereocenters. The fourth-order valence-electron chi connectivity index (χ4n) is 9.29. The van der Waals surface area contributed by atoms with Crippen LogP contribution in [0.25, 0.3) is 22.5 Å². The number of ether oxygens (including phenoxy) is 1. The van der Waals surface area contributed by atoms with Crippen molar-refractivity contribution in [1.29, 1.82) is 0 Å². The molecule has 0 bridgehead atoms. The number of hydrogen-bond acceptors (Lipinski definition) is 10. The van der Waals surface area contributed by atoms with Crippen LogP contribution in [0.5, 0.6) is 5.75 Å². The maximum absolute atomic E-state index is 15.3. The molecular formula is C51H68ClN7O7S. The third-order valence-corrected chi connectivity index (χ3v) is 14.0. The van der Waals surface area contributed by atoms with E-state index in [1.54, 1.807) is 42.5 Å². The molecular weight excluding hydrogens is 890 g/mol. The number of unbranched alkanes of at least 4 members (excludes halogenated alkanes) is 1. The van der Waals surface area contributed by atoms with Crippen molar-refractivity contribution >= 4 is 62.1 Å². The Hall–Kier alpha value is -5.64. The van der Waals surface area contributed by atoms with Gasteiger partial charge in [0.05, 0.1) is 23.0 Å². The molecule has 6 rings (SSSR count). The number of halogens is 1. The minimum atomic E-state index is -4.56. The van der Waals surface area contributed by atoms with E-state index in [0.29, 0.717) is 33.5 Å². The molecule has 362 valence electrons. The molecule has 1 aliphatic rings. The van der Waals surface area contributed by atoms with Gasteiger partial charge < -0.3 is 20.3 Å². The number of nitrogen functional groups attached to an aromatic ring is 1. The SMILES string of the molecule is CCCCc1ccc(NNc2c(-c3ccc(Cl)cc3)c(C(OO)=C3C(C(C)(C)C)CC(C)CC3C(C)(C)C)c3[nH]c(N)c(C(=O)NS(=O)(=O)Nc4ccccc4)c(=O)n23)c(OC(CC)CC)c1. The van der Waals surface area contributed by atoms with E-state index in [0.717, 1.165) is 56.1 Å². The molecule has 8 N–H and O–H groups in total. The summed E-state index contributed by atoms with van der Waals surface area (Å²) >= 11 is 6.50. The molecule has 0 aliphatic heterocycles. The number of benzene rings is 3. The highest BCUT2D eigenvalue weighted by Crippen LogP contribution is 2.55. The zero-order valence-electron chi connectivity index (χ0n) is 40.4. The van der Waals surface area contributed by atoms with Crippen LogP contribution < -0.4 is 36.3 Å². The Bertz CT molecular complexity index is 2730. The minimum absolute atomic E-state index is 0.0671. The van der Waals surface area contributed by atoms with Gasteiger partial charge in [0.2, 0.25) is 0 Å². The van der Waals surface area contributed by atoms with Crippen LogP contribution in [-0.4, -0.2) is 35.1 Å². The van der Waals surface area contributed by atoms with Gasteiger partial charge >= 0.3 is 10.2 Å². The number of nitrogens with two attached hydrogens (primary N) is 1. The van der Waals surface area contributed by atoms with E-state index in [4.69, 9.17) is 27.0 Å². The molecule has 1 amide bonds. The Morgan fingerprint density at radius 2 is 1.55 bits per heavy atom. The van der Waals surface area contributed by atoms with Gasteiger partial charge in [-0.2, -0.15) is 8.42 Å². The van der Waals surface area contributed by atoms with Crippen LogP contribution in [-0.2, 0) is 21.5 Å². The molecule has 16 heteroatoms. The molecule has 3 aromatic carbocycles. The fraction of sp³-hybridized carbons (Fsp3) is 0.451. The van der Waals surface area contributed by atoms with Crippen molar-refractivity contribution in [3.8, 4) is 16.9 Å². The summed E-state index contributed by atoms with van der Waals surface area (Å²) in [5.41, 5.74) is 15.0. The van der Waals surface area contributed by atoms with Crippen LogP contribution in [0, 0.1) is 28.6 Å². The second kappa shape index (κ2) is 20.7. The molecule has 0 saturated heterocycles. The number of rotatable bonds is 17. The number of aromatic nitrogens is 2. The molecule has 14 nitrogen and oxygen atoms in total. The van der Waals surface area contributed by atoms with Crippen molar-refractivity contribution in [1.82, 2.24) is 14.1 Å². The minimum Gasteiger partial charge on any atom is -0.488 e. The largest absolute Gasteiger partial charge is 0.488 e. The summed E-state index contributed by atoms with van der Waals surface area (Å²) in [6.45, 7) is 21.5. The van der Waals surface area contributed by atoms with Crippen LogP contribution in [0.15, 0.2) is 83.2 Å². The van der Waals surface area contributed by atoms with E-state index < -0.39 is 33.1 Å². The Morgan fingerprint density at radius 3 is 2.12 bits per heavy atom. The molecule has 1 saturated carbocycles. The normalized spacial score (nSPS) is 16.8. The fourth-order valence-corrected chi connectivity index (χ4v) is 10.3. The number of aryl methyl sites for hydroxylation is 1. The summed E-state index contributed by atoms with van der Waals surface area (Å²) in [6, 6.07) is 20.9. The van der Waals surface area contributed by atoms with Crippen molar-refractivity contribution in [3.63, 3.8) is 0 Å². The number of aromatic amines is 1. The Balaban J connectivity index is 1.70. The molecule has 2 unspecified atom stereocenters. The van der Waals surface area contributed by atoms with Gasteiger partial charge in [0, 0.05) is 10.6 Å². The van der Waals surface area contributed by atoms with Crippen LogP contribution in [0.2, 0.25) is 5.02 Å². The van der Waals surface area contributed by atoms with Gasteiger partial charge in [0.15, 0.2) is 5.76 Å². The van der Waals surface area contributed by atoms with E-state index in [1.165, 1.54) is 16.5 Å². The second-order valence-electron chi connectivity index (χ2n) is 19.9. The molecule has 1 aliphatic carbocycles. The zero-order valence-corrected chi connectivity index (χ0v) is 42.0. The topological polar surface area (TPSA) is 201 Å². The standard InChI is InChI=1S/C51H68ClN7O7S/c1-11-14-18-31-21-26-38(39(29-31)65-35(12-2)13-3)55-56-47-40(32-22-24-33(52)25-23-32)42(44(66-62)41-36(50(5,6)7)27-30(4)28-37(41)51(8,9)10)46-54-45(53)43(49(61)59(46)47)48(60)58-67(63,64)57-34-19-16-15-17-20-34/h15-17,19-26,29-30,35-37,54-57,62H,11-14,18,27-28,53H2,1-10H3,(H,58,60). The Kier molecular flexibility index (Phi) is 15.7. The van der Waals surface area contributed by atoms with Crippen molar-refractivity contribution < 1.29 is 28.1 Å². The van der Waals surface area contributed by atoms with Crippen LogP contribution in [0.1, 0.15) is 129 Å². The van der Waals surface area contributed by atoms with Crippen molar-refractivity contribution in [2.45, 2.75) is 120 Å². The number of hydrazine groups is 1. The van der Waals surface area contributed by atoms with Crippen LogP contribution in [0.3, 0.4) is 0 Å². The van der Waals surface area contributed by atoms with Gasteiger partial charge in [-0.05, 0) is 120 Å². The predicted molar refractivity (Wildman–Crippen MR) is 272 cm³/mol. The maximum atomic E-state index is 15.3. The number of anilines is 4. The van der Waals surface area contributed by atoms with Crippen molar-refractivity contribution in [3.05, 3.63) is 110 Å². The number of nitrogens with zero attached hydrogens (tertiary/aromatic N) is 1. The van der Waals surface area contributed by atoms with E-state index >= 15 is 4.79 Å². The number of hydrogen-bond donors (Lipinski definition) is 7. The first kappa shape index (κ1) is 50.8. The Labute approximate surface area is 400 Å². The van der Waals surface area contributed by atoms with E-state index in [9.17, 15) is 18.5 Å². The summed E-state index contributed by atoms with van der Waals surface area (Å²) in [5.74, 6) is -0.735. The summed E-state index contributed by atoms with van der Waals surface area (Å²) in [6.07, 6.45) is 5.96. The highest BCUT2D eigenvalue weighted by molar-refractivity contribution is 7.91.